The van der Waals surface area contributed by atoms with Gasteiger partial charge in [0.1, 0.15) is 0 Å². The molecule has 0 aromatic heterocycles. The summed E-state index contributed by atoms with van der Waals surface area (Å²) in [4.78, 5) is 26.4. The zero-order chi connectivity index (χ0) is 15.9. The van der Waals surface area contributed by atoms with Crippen LogP contribution in [0.5, 0.6) is 0 Å². The molecule has 2 fully saturated rings. The van der Waals surface area contributed by atoms with Gasteiger partial charge < -0.3 is 10.2 Å². The summed E-state index contributed by atoms with van der Waals surface area (Å²) >= 11 is 0. The third-order valence-electron chi connectivity index (χ3n) is 6.03. The largest absolute Gasteiger partial charge is 0.356 e. The Balaban J connectivity index is 1.38. The Kier molecular flexibility index (Phi) is 3.63. The lowest BCUT2D eigenvalue weighted by molar-refractivity contribution is -0.138. The van der Waals surface area contributed by atoms with Gasteiger partial charge in [-0.15, -0.1) is 0 Å². The van der Waals surface area contributed by atoms with Crippen molar-refractivity contribution in [1.29, 1.82) is 0 Å². The Morgan fingerprint density at radius 3 is 2.61 bits per heavy atom. The lowest BCUT2D eigenvalue weighted by atomic mass is 9.77. The highest BCUT2D eigenvalue weighted by atomic mass is 16.2. The summed E-state index contributed by atoms with van der Waals surface area (Å²) in [5.74, 6) is 0.641. The van der Waals surface area contributed by atoms with Crippen LogP contribution in [-0.2, 0) is 22.4 Å². The molecule has 2 heterocycles. The first kappa shape index (κ1) is 14.7. The average Bonchev–Trinajstić information content (AvgIpc) is 2.95. The lowest BCUT2D eigenvalue weighted by Crippen LogP contribution is -2.46. The molecule has 2 saturated heterocycles. The van der Waals surface area contributed by atoms with Gasteiger partial charge in [0.15, 0.2) is 0 Å². The second kappa shape index (κ2) is 5.66. The summed E-state index contributed by atoms with van der Waals surface area (Å²) < 4.78 is 0. The van der Waals surface area contributed by atoms with E-state index in [1.165, 1.54) is 11.1 Å². The zero-order valence-electron chi connectivity index (χ0n) is 13.5. The van der Waals surface area contributed by atoms with E-state index in [4.69, 9.17) is 0 Å². The van der Waals surface area contributed by atoms with Crippen molar-refractivity contribution in [2.45, 2.75) is 38.5 Å². The summed E-state index contributed by atoms with van der Waals surface area (Å²) in [6, 6.07) is 8.50. The molecule has 2 amide bonds. The number of hydrogen-bond donors (Lipinski definition) is 1. The summed E-state index contributed by atoms with van der Waals surface area (Å²) in [5, 5.41) is 2.96. The van der Waals surface area contributed by atoms with E-state index in [0.717, 1.165) is 51.7 Å². The molecule has 1 aromatic carbocycles. The molecule has 1 atom stereocenters. The molecule has 4 rings (SSSR count). The van der Waals surface area contributed by atoms with Crippen LogP contribution < -0.4 is 5.32 Å². The number of nitrogens with one attached hydrogen (secondary N) is 1. The fraction of sp³-hybridized carbons (Fsp3) is 0.579. The highest BCUT2D eigenvalue weighted by molar-refractivity contribution is 5.81. The van der Waals surface area contributed by atoms with Gasteiger partial charge in [-0.2, -0.15) is 0 Å². The number of fused-ring (bicyclic) bond motifs is 1. The minimum Gasteiger partial charge on any atom is -0.356 e. The van der Waals surface area contributed by atoms with Gasteiger partial charge >= 0.3 is 0 Å². The van der Waals surface area contributed by atoms with Crippen molar-refractivity contribution in [2.24, 2.45) is 11.3 Å². The smallest absolute Gasteiger partial charge is 0.226 e. The number of piperidine rings is 1. The van der Waals surface area contributed by atoms with E-state index in [9.17, 15) is 9.59 Å². The van der Waals surface area contributed by atoms with Crippen LogP contribution in [0.1, 0.15) is 36.8 Å². The molecule has 0 saturated carbocycles. The van der Waals surface area contributed by atoms with Gasteiger partial charge in [0, 0.05) is 32.0 Å². The maximum atomic E-state index is 12.9. The summed E-state index contributed by atoms with van der Waals surface area (Å²) in [7, 11) is 0. The van der Waals surface area contributed by atoms with Crippen molar-refractivity contribution in [3.8, 4) is 0 Å². The van der Waals surface area contributed by atoms with Crippen molar-refractivity contribution in [1.82, 2.24) is 10.2 Å². The molecule has 2 aliphatic heterocycles. The van der Waals surface area contributed by atoms with Gasteiger partial charge in [0.2, 0.25) is 11.8 Å². The number of benzene rings is 1. The molecule has 122 valence electrons. The van der Waals surface area contributed by atoms with E-state index < -0.39 is 0 Å². The summed E-state index contributed by atoms with van der Waals surface area (Å²) in [6.45, 7) is 2.42. The van der Waals surface area contributed by atoms with Crippen LogP contribution in [0.3, 0.4) is 0 Å². The molecule has 0 bridgehead atoms. The number of aryl methyl sites for hydroxylation is 1. The van der Waals surface area contributed by atoms with Crippen molar-refractivity contribution < 1.29 is 9.59 Å². The monoisotopic (exact) mass is 312 g/mol. The second-order valence-corrected chi connectivity index (χ2v) is 7.49. The quantitative estimate of drug-likeness (QED) is 0.861. The molecule has 1 spiro atoms. The highest BCUT2D eigenvalue weighted by Gasteiger charge is 2.42. The highest BCUT2D eigenvalue weighted by Crippen LogP contribution is 2.38. The van der Waals surface area contributed by atoms with Crippen LogP contribution in [0.15, 0.2) is 24.3 Å². The Labute approximate surface area is 137 Å². The average molecular weight is 312 g/mol. The molecule has 0 radical (unpaired) electrons. The number of likely N-dealkylation sites (tertiary alicyclic amines) is 1. The summed E-state index contributed by atoms with van der Waals surface area (Å²) in [6.07, 6.45) is 5.43. The first-order chi connectivity index (χ1) is 11.2. The molecular formula is C19H24N2O2. The molecule has 4 heteroatoms. The van der Waals surface area contributed by atoms with Crippen LogP contribution in [0.25, 0.3) is 0 Å². The number of carbonyl (C=O) groups excluding carboxylic acids is 2. The van der Waals surface area contributed by atoms with Crippen molar-refractivity contribution in [3.05, 3.63) is 35.4 Å². The predicted octanol–water partition coefficient (Wildman–Crippen LogP) is 1.92. The summed E-state index contributed by atoms with van der Waals surface area (Å²) in [5.41, 5.74) is 2.87. The number of nitrogens with zero attached hydrogens (tertiary/aromatic N) is 1. The Morgan fingerprint density at radius 1 is 1.17 bits per heavy atom. The zero-order valence-corrected chi connectivity index (χ0v) is 13.5. The standard InChI is InChI=1S/C19H24N2O2/c22-17-12-19(13-20-17)7-9-21(10-8-19)18(23)16-6-5-14-3-1-2-4-15(14)11-16/h1-4,16H,5-13H2,(H,20,22)/t16-/m1/s1. The number of amides is 2. The molecule has 1 aromatic rings. The number of hydrogen-bond acceptors (Lipinski definition) is 2. The molecule has 0 unspecified atom stereocenters. The van der Waals surface area contributed by atoms with E-state index in [1.807, 2.05) is 4.90 Å². The fourth-order valence-corrected chi connectivity index (χ4v) is 4.47. The molecule has 23 heavy (non-hydrogen) atoms. The first-order valence-corrected chi connectivity index (χ1v) is 8.78. The van der Waals surface area contributed by atoms with Gasteiger partial charge in [0.05, 0.1) is 0 Å². The van der Waals surface area contributed by atoms with Crippen molar-refractivity contribution in [2.75, 3.05) is 19.6 Å². The van der Waals surface area contributed by atoms with E-state index in [1.54, 1.807) is 0 Å². The van der Waals surface area contributed by atoms with Gasteiger partial charge in [-0.1, -0.05) is 24.3 Å². The maximum absolute atomic E-state index is 12.9. The van der Waals surface area contributed by atoms with Gasteiger partial charge in [0.25, 0.3) is 0 Å². The molecule has 3 aliphatic rings. The SMILES string of the molecule is O=C1CC2(CCN(C(=O)[C@@H]3CCc4ccccc4C3)CC2)CN1. The van der Waals surface area contributed by atoms with Crippen LogP contribution in [0.2, 0.25) is 0 Å². The topological polar surface area (TPSA) is 49.4 Å². The van der Waals surface area contributed by atoms with E-state index in [2.05, 4.69) is 29.6 Å². The minimum atomic E-state index is 0.118. The molecule has 4 nitrogen and oxygen atoms in total. The third-order valence-corrected chi connectivity index (χ3v) is 6.03. The van der Waals surface area contributed by atoms with E-state index >= 15 is 0 Å². The van der Waals surface area contributed by atoms with Gasteiger partial charge in [-0.3, -0.25) is 9.59 Å². The normalized spacial score (nSPS) is 26.0. The predicted molar refractivity (Wildman–Crippen MR) is 87.8 cm³/mol. The Morgan fingerprint density at radius 2 is 1.91 bits per heavy atom. The maximum Gasteiger partial charge on any atom is 0.226 e. The van der Waals surface area contributed by atoms with Crippen LogP contribution in [-0.4, -0.2) is 36.3 Å². The van der Waals surface area contributed by atoms with E-state index in [-0.39, 0.29) is 17.2 Å². The second-order valence-electron chi connectivity index (χ2n) is 7.49. The third kappa shape index (κ3) is 2.75. The van der Waals surface area contributed by atoms with Crippen LogP contribution in [0.4, 0.5) is 0 Å². The Hall–Kier alpha value is -1.84. The van der Waals surface area contributed by atoms with Gasteiger partial charge in [-0.25, -0.2) is 0 Å². The van der Waals surface area contributed by atoms with Crippen molar-refractivity contribution in [3.63, 3.8) is 0 Å². The number of carbonyl (C=O) groups is 2. The van der Waals surface area contributed by atoms with Crippen LogP contribution in [0, 0.1) is 11.3 Å². The molecule has 1 aliphatic carbocycles. The van der Waals surface area contributed by atoms with Gasteiger partial charge in [-0.05, 0) is 48.6 Å². The van der Waals surface area contributed by atoms with Crippen LogP contribution >= 0.6 is 0 Å². The first-order valence-electron chi connectivity index (χ1n) is 8.78. The molecular weight excluding hydrogens is 288 g/mol. The minimum absolute atomic E-state index is 0.118. The number of rotatable bonds is 1. The lowest BCUT2D eigenvalue weighted by Gasteiger charge is -2.40. The Bertz CT molecular complexity index is 632. The van der Waals surface area contributed by atoms with Crippen molar-refractivity contribution >= 4 is 11.8 Å². The van der Waals surface area contributed by atoms with E-state index in [0.29, 0.717) is 12.3 Å². The molecule has 1 N–H and O–H groups in total. The fourth-order valence-electron chi connectivity index (χ4n) is 4.47.